The molecule has 34 heavy (non-hydrogen) atoms. The van der Waals surface area contributed by atoms with Gasteiger partial charge in [0, 0.05) is 11.9 Å². The van der Waals surface area contributed by atoms with Crippen molar-refractivity contribution in [1.29, 1.82) is 0 Å². The number of aromatic nitrogens is 4. The fourth-order valence-corrected chi connectivity index (χ4v) is 4.51. The molecule has 0 saturated carbocycles. The number of H-pyrrole nitrogens is 1. The predicted octanol–water partition coefficient (Wildman–Crippen LogP) is 2.65. The summed E-state index contributed by atoms with van der Waals surface area (Å²) in [5, 5.41) is 1.52. The van der Waals surface area contributed by atoms with E-state index in [-0.39, 0.29) is 36.3 Å². The Morgan fingerprint density at radius 1 is 1.09 bits per heavy atom. The third-order valence-corrected chi connectivity index (χ3v) is 6.24. The van der Waals surface area contributed by atoms with Crippen LogP contribution in [0.4, 0.5) is 11.5 Å². The zero-order valence-electron chi connectivity index (χ0n) is 18.6. The third-order valence-electron chi connectivity index (χ3n) is 5.25. The van der Waals surface area contributed by atoms with Crippen molar-refractivity contribution in [3.8, 4) is 0 Å². The molecule has 10 heteroatoms. The highest BCUT2D eigenvalue weighted by atomic mass is 32.2. The number of nitrogen functional groups attached to an aromatic ring is 1. The Kier molecular flexibility index (Phi) is 7.07. The van der Waals surface area contributed by atoms with E-state index in [1.807, 2.05) is 61.5 Å². The number of para-hydroxylation sites is 1. The molecule has 0 saturated heterocycles. The molecule has 4 rings (SSSR count). The molecule has 2 aromatic carbocycles. The highest BCUT2D eigenvalue weighted by Crippen LogP contribution is 2.26. The number of amides is 1. The number of carbonyl (C=O) groups excluding carboxylic acids is 1. The van der Waals surface area contributed by atoms with Crippen LogP contribution in [-0.2, 0) is 11.3 Å². The van der Waals surface area contributed by atoms with E-state index in [1.54, 1.807) is 0 Å². The van der Waals surface area contributed by atoms with Crippen LogP contribution in [0, 0.1) is 0 Å². The number of aromatic amines is 1. The average molecular weight is 477 g/mol. The van der Waals surface area contributed by atoms with Gasteiger partial charge < -0.3 is 10.6 Å². The average Bonchev–Trinajstić information content (AvgIpc) is 2.85. The highest BCUT2D eigenvalue weighted by Gasteiger charge is 2.24. The first-order chi connectivity index (χ1) is 16.5. The van der Waals surface area contributed by atoms with Crippen molar-refractivity contribution in [1.82, 2.24) is 19.5 Å². The summed E-state index contributed by atoms with van der Waals surface area (Å²) in [6, 6.07) is 16.8. The largest absolute Gasteiger partial charge is 0.383 e. The van der Waals surface area contributed by atoms with Gasteiger partial charge in [0.2, 0.25) is 5.91 Å². The zero-order chi connectivity index (χ0) is 24.1. The monoisotopic (exact) mass is 476 g/mol. The summed E-state index contributed by atoms with van der Waals surface area (Å²) < 4.78 is 1.27. The number of rotatable bonds is 8. The van der Waals surface area contributed by atoms with E-state index in [4.69, 9.17) is 5.73 Å². The molecule has 0 aliphatic rings. The minimum Gasteiger partial charge on any atom is -0.383 e. The van der Waals surface area contributed by atoms with Gasteiger partial charge in [0.15, 0.2) is 5.69 Å². The van der Waals surface area contributed by atoms with Crippen LogP contribution < -0.4 is 21.9 Å². The lowest BCUT2D eigenvalue weighted by atomic mass is 10.2. The number of nitrogens with zero attached hydrogens (tertiary/aromatic N) is 4. The quantitative estimate of drug-likeness (QED) is 0.296. The van der Waals surface area contributed by atoms with E-state index in [1.165, 1.54) is 27.6 Å². The molecule has 9 nitrogen and oxygen atoms in total. The number of thioether (sulfide) groups is 1. The van der Waals surface area contributed by atoms with Gasteiger partial charge in [-0.05, 0) is 18.1 Å². The number of nitrogens with one attached hydrogen (secondary N) is 1. The lowest BCUT2D eigenvalue weighted by molar-refractivity contribution is -0.116. The SMILES string of the molecule is CCCN(C(=O)CSc1ncnc2ccccc12)c1c(N)n(Cc2ccccc2)c(=O)[nH]c1=O. The Morgan fingerprint density at radius 3 is 2.59 bits per heavy atom. The minimum atomic E-state index is -0.689. The van der Waals surface area contributed by atoms with Crippen LogP contribution in [0.1, 0.15) is 18.9 Å². The maximum atomic E-state index is 13.3. The van der Waals surface area contributed by atoms with Gasteiger partial charge in [0.05, 0.1) is 17.8 Å². The summed E-state index contributed by atoms with van der Waals surface area (Å²) in [6.07, 6.45) is 2.06. The van der Waals surface area contributed by atoms with Gasteiger partial charge in [0.1, 0.15) is 17.2 Å². The zero-order valence-corrected chi connectivity index (χ0v) is 19.4. The molecule has 0 unspecified atom stereocenters. The van der Waals surface area contributed by atoms with Crippen LogP contribution in [0.2, 0.25) is 0 Å². The van der Waals surface area contributed by atoms with Crippen molar-refractivity contribution in [2.45, 2.75) is 24.9 Å². The lowest BCUT2D eigenvalue weighted by Crippen LogP contribution is -2.42. The molecule has 0 fully saturated rings. The van der Waals surface area contributed by atoms with E-state index < -0.39 is 11.2 Å². The van der Waals surface area contributed by atoms with Gasteiger partial charge in [0.25, 0.3) is 5.56 Å². The Labute approximate surface area is 199 Å². The molecule has 0 aliphatic heterocycles. The van der Waals surface area contributed by atoms with E-state index in [0.29, 0.717) is 11.4 Å². The maximum Gasteiger partial charge on any atom is 0.330 e. The first-order valence-corrected chi connectivity index (χ1v) is 11.8. The molecule has 3 N–H and O–H groups in total. The topological polar surface area (TPSA) is 127 Å². The molecular weight excluding hydrogens is 452 g/mol. The molecule has 2 aromatic heterocycles. The Bertz CT molecular complexity index is 1430. The van der Waals surface area contributed by atoms with Crippen LogP contribution in [-0.4, -0.2) is 37.7 Å². The van der Waals surface area contributed by atoms with Crippen LogP contribution in [0.5, 0.6) is 0 Å². The minimum absolute atomic E-state index is 0.0180. The van der Waals surface area contributed by atoms with Crippen molar-refractivity contribution in [2.75, 3.05) is 22.9 Å². The van der Waals surface area contributed by atoms with E-state index in [0.717, 1.165) is 16.5 Å². The van der Waals surface area contributed by atoms with Crippen molar-refractivity contribution < 1.29 is 4.79 Å². The normalized spacial score (nSPS) is 11.0. The maximum absolute atomic E-state index is 13.3. The molecule has 0 spiro atoms. The second-order valence-corrected chi connectivity index (χ2v) is 8.56. The molecule has 1 amide bonds. The van der Waals surface area contributed by atoms with E-state index >= 15 is 0 Å². The summed E-state index contributed by atoms with van der Waals surface area (Å²) in [4.78, 5) is 50.8. The number of anilines is 2. The summed E-state index contributed by atoms with van der Waals surface area (Å²) in [5.74, 6) is -0.314. The first kappa shape index (κ1) is 23.2. The van der Waals surface area contributed by atoms with Gasteiger partial charge in [-0.2, -0.15) is 0 Å². The number of hydrogen-bond donors (Lipinski definition) is 2. The summed E-state index contributed by atoms with van der Waals surface area (Å²) >= 11 is 1.26. The Balaban J connectivity index is 1.64. The molecule has 0 aliphatic carbocycles. The number of carbonyl (C=O) groups is 1. The first-order valence-electron chi connectivity index (χ1n) is 10.8. The van der Waals surface area contributed by atoms with Crippen LogP contribution in [0.15, 0.2) is 75.5 Å². The molecule has 0 bridgehead atoms. The summed E-state index contributed by atoms with van der Waals surface area (Å²) in [5.41, 5.74) is 6.60. The molecule has 0 radical (unpaired) electrons. The van der Waals surface area contributed by atoms with Gasteiger partial charge in [-0.1, -0.05) is 67.2 Å². The fraction of sp³-hybridized carbons (Fsp3) is 0.208. The fourth-order valence-electron chi connectivity index (χ4n) is 3.65. The summed E-state index contributed by atoms with van der Waals surface area (Å²) in [6.45, 7) is 2.35. The number of nitrogens with two attached hydrogens (primary N) is 1. The molecule has 174 valence electrons. The third kappa shape index (κ3) is 4.86. The van der Waals surface area contributed by atoms with Crippen molar-refractivity contribution in [2.24, 2.45) is 0 Å². The van der Waals surface area contributed by atoms with Crippen molar-refractivity contribution in [3.05, 3.63) is 87.3 Å². The van der Waals surface area contributed by atoms with Crippen molar-refractivity contribution >= 4 is 40.1 Å². The predicted molar refractivity (Wildman–Crippen MR) is 134 cm³/mol. The lowest BCUT2D eigenvalue weighted by Gasteiger charge is -2.24. The smallest absolute Gasteiger partial charge is 0.330 e. The van der Waals surface area contributed by atoms with E-state index in [9.17, 15) is 14.4 Å². The van der Waals surface area contributed by atoms with Gasteiger partial charge in [-0.3, -0.25) is 19.1 Å². The van der Waals surface area contributed by atoms with E-state index in [2.05, 4.69) is 15.0 Å². The number of fused-ring (bicyclic) bond motifs is 1. The number of benzene rings is 2. The molecule has 4 aromatic rings. The molecular formula is C24H24N6O3S. The second-order valence-electron chi connectivity index (χ2n) is 7.59. The number of hydrogen-bond acceptors (Lipinski definition) is 7. The Hall–Kier alpha value is -3.92. The Morgan fingerprint density at radius 2 is 1.82 bits per heavy atom. The summed E-state index contributed by atoms with van der Waals surface area (Å²) in [7, 11) is 0. The van der Waals surface area contributed by atoms with Crippen LogP contribution in [0.3, 0.4) is 0 Å². The van der Waals surface area contributed by atoms with Crippen LogP contribution >= 0.6 is 11.8 Å². The van der Waals surface area contributed by atoms with Gasteiger partial charge in [-0.15, -0.1) is 0 Å². The van der Waals surface area contributed by atoms with Crippen molar-refractivity contribution in [3.63, 3.8) is 0 Å². The highest BCUT2D eigenvalue weighted by molar-refractivity contribution is 8.00. The van der Waals surface area contributed by atoms with Crippen LogP contribution in [0.25, 0.3) is 10.9 Å². The van der Waals surface area contributed by atoms with Gasteiger partial charge >= 0.3 is 5.69 Å². The molecule has 2 heterocycles. The molecule has 0 atom stereocenters. The second kappa shape index (κ2) is 10.3. The van der Waals surface area contributed by atoms with Gasteiger partial charge in [-0.25, -0.2) is 14.8 Å². The standard InChI is InChI=1S/C24H24N6O3S/c1-2-12-29(19(31)14-34-23-17-10-6-7-11-18(17)26-15-27-23)20-21(25)30(24(33)28-22(20)32)13-16-8-4-3-5-9-16/h3-11,15H,2,12-14,25H2,1H3,(H,28,32,33).